The van der Waals surface area contributed by atoms with E-state index < -0.39 is 41.9 Å². The number of carbonyl (C=O) groups is 3. The molecule has 0 saturated heterocycles. The lowest BCUT2D eigenvalue weighted by atomic mass is 9.99. The van der Waals surface area contributed by atoms with Crippen molar-refractivity contribution in [1.82, 2.24) is 9.80 Å². The fourth-order valence-corrected chi connectivity index (χ4v) is 5.10. The minimum absolute atomic E-state index is 0.104. The molecule has 12 nitrogen and oxygen atoms in total. The van der Waals surface area contributed by atoms with Gasteiger partial charge < -0.3 is 45.1 Å². The van der Waals surface area contributed by atoms with Crippen molar-refractivity contribution in [3.63, 3.8) is 0 Å². The first-order chi connectivity index (χ1) is 22.3. The first-order valence-corrected chi connectivity index (χ1v) is 14.7. The van der Waals surface area contributed by atoms with Crippen LogP contribution in [0, 0.1) is 5.92 Å². The first kappa shape index (κ1) is 33.2. The molecule has 0 bridgehead atoms. The molecule has 2 aliphatic heterocycles. The predicted octanol–water partition coefficient (Wildman–Crippen LogP) is 5.46. The number of hydrogen-bond acceptors (Lipinski definition) is 7. The molecule has 0 fully saturated rings. The van der Waals surface area contributed by atoms with Gasteiger partial charge in [0.05, 0.1) is 30.3 Å². The molecule has 5 amide bonds. The van der Waals surface area contributed by atoms with Crippen molar-refractivity contribution < 1.29 is 46.9 Å². The van der Waals surface area contributed by atoms with E-state index >= 15 is 0 Å². The van der Waals surface area contributed by atoms with Gasteiger partial charge in [-0.25, -0.2) is 9.59 Å². The summed E-state index contributed by atoms with van der Waals surface area (Å²) in [6.45, 7) is 3.73. The lowest BCUT2D eigenvalue weighted by Crippen LogP contribution is -2.50. The monoisotopic (exact) mass is 657 g/mol. The van der Waals surface area contributed by atoms with Crippen LogP contribution in [0.3, 0.4) is 0 Å². The molecule has 2 aliphatic rings. The van der Waals surface area contributed by atoms with Crippen LogP contribution in [0.2, 0.25) is 0 Å². The van der Waals surface area contributed by atoms with Gasteiger partial charge in [-0.15, -0.1) is 0 Å². The van der Waals surface area contributed by atoms with Crippen molar-refractivity contribution in [3.8, 4) is 17.2 Å². The largest absolute Gasteiger partial charge is 0.487 e. The molecule has 3 atom stereocenters. The topological polar surface area (TPSA) is 142 Å². The van der Waals surface area contributed by atoms with Gasteiger partial charge in [-0.1, -0.05) is 6.92 Å². The van der Waals surface area contributed by atoms with E-state index in [9.17, 15) is 32.7 Å². The number of alkyl halides is 3. The van der Waals surface area contributed by atoms with Crippen molar-refractivity contribution in [2.75, 3.05) is 49.5 Å². The number of carbonyl (C=O) groups excluding carboxylic acids is 3. The number of benzene rings is 3. The standard InChI is InChI=1S/C32H34F3N5O7/c1-18-14-40(19(2)16-41)29(42)24-12-22(37-30(43)36-21-6-4-20(5-7-21)32(33,34)35)8-10-25(24)47-28(18)15-39(3)31(44)38-23-9-11-26-27(13-23)46-17-45-26/h4-13,18-19,28,41H,14-17H2,1-3H3,(H,38,44)(H2,36,37,43)/t18-,19-,28+/m0/s1. The third kappa shape index (κ3) is 7.80. The maximum absolute atomic E-state index is 13.7. The Morgan fingerprint density at radius 2 is 1.57 bits per heavy atom. The molecule has 4 N–H and O–H groups in total. The van der Waals surface area contributed by atoms with Crippen molar-refractivity contribution in [2.24, 2.45) is 5.92 Å². The summed E-state index contributed by atoms with van der Waals surface area (Å²) < 4.78 is 55.6. The summed E-state index contributed by atoms with van der Waals surface area (Å²) >= 11 is 0. The highest BCUT2D eigenvalue weighted by atomic mass is 19.4. The van der Waals surface area contributed by atoms with Crippen LogP contribution in [0.25, 0.3) is 0 Å². The number of amides is 5. The zero-order chi connectivity index (χ0) is 33.9. The molecule has 15 heteroatoms. The second-order valence-electron chi connectivity index (χ2n) is 11.4. The third-order valence-corrected chi connectivity index (χ3v) is 7.82. The maximum atomic E-state index is 13.7. The molecule has 0 aliphatic carbocycles. The summed E-state index contributed by atoms with van der Waals surface area (Å²) in [5.41, 5.74) is 0.121. The number of aliphatic hydroxyl groups excluding tert-OH is 1. The van der Waals surface area contributed by atoms with Crippen LogP contribution in [-0.2, 0) is 6.18 Å². The van der Waals surface area contributed by atoms with Crippen LogP contribution in [0.5, 0.6) is 17.2 Å². The number of hydrogen-bond donors (Lipinski definition) is 4. The van der Waals surface area contributed by atoms with E-state index in [1.54, 1.807) is 32.2 Å². The second-order valence-corrected chi connectivity index (χ2v) is 11.4. The zero-order valence-corrected chi connectivity index (χ0v) is 25.8. The molecule has 0 unspecified atom stereocenters. The van der Waals surface area contributed by atoms with E-state index in [1.807, 2.05) is 6.92 Å². The smallest absolute Gasteiger partial charge is 0.416 e. The van der Waals surface area contributed by atoms with Crippen LogP contribution in [-0.4, -0.2) is 78.6 Å². The first-order valence-electron chi connectivity index (χ1n) is 14.7. The SMILES string of the molecule is C[C@H]1CN([C@@H](C)CO)C(=O)c2cc(NC(=O)Nc3ccc(C(F)(F)F)cc3)ccc2O[C@@H]1CN(C)C(=O)Nc1ccc2c(c1)OCO2. The molecule has 0 aromatic heterocycles. The third-order valence-electron chi connectivity index (χ3n) is 7.82. The number of nitrogens with zero attached hydrogens (tertiary/aromatic N) is 2. The van der Waals surface area contributed by atoms with Crippen LogP contribution in [0.4, 0.5) is 39.8 Å². The number of halogens is 3. The van der Waals surface area contributed by atoms with Gasteiger partial charge in [-0.2, -0.15) is 13.2 Å². The molecule has 5 rings (SSSR count). The molecule has 0 radical (unpaired) electrons. The molecule has 0 saturated carbocycles. The Kier molecular flexibility index (Phi) is 9.65. The van der Waals surface area contributed by atoms with E-state index in [0.717, 1.165) is 24.3 Å². The predicted molar refractivity (Wildman–Crippen MR) is 166 cm³/mol. The van der Waals surface area contributed by atoms with Crippen molar-refractivity contribution >= 4 is 35.0 Å². The lowest BCUT2D eigenvalue weighted by molar-refractivity contribution is -0.137. The molecule has 0 spiro atoms. The summed E-state index contributed by atoms with van der Waals surface area (Å²) in [7, 11) is 1.61. The fraction of sp³-hybridized carbons (Fsp3) is 0.344. The average Bonchev–Trinajstić information content (AvgIpc) is 3.50. The van der Waals surface area contributed by atoms with Crippen LogP contribution < -0.4 is 30.2 Å². The van der Waals surface area contributed by atoms with Crippen molar-refractivity contribution in [3.05, 3.63) is 71.8 Å². The molecule has 3 aromatic carbocycles. The van der Waals surface area contributed by atoms with Crippen molar-refractivity contribution in [2.45, 2.75) is 32.2 Å². The van der Waals surface area contributed by atoms with Gasteiger partial charge in [-0.3, -0.25) is 4.79 Å². The Morgan fingerprint density at radius 3 is 2.26 bits per heavy atom. The van der Waals surface area contributed by atoms with Gasteiger partial charge in [0.15, 0.2) is 11.5 Å². The molecule has 250 valence electrons. The van der Waals surface area contributed by atoms with E-state index in [2.05, 4.69) is 16.0 Å². The number of fused-ring (bicyclic) bond motifs is 2. The van der Waals surface area contributed by atoms with Gasteiger partial charge in [0.1, 0.15) is 11.9 Å². The van der Waals surface area contributed by atoms with Crippen molar-refractivity contribution in [1.29, 1.82) is 0 Å². The summed E-state index contributed by atoms with van der Waals surface area (Å²) in [5.74, 6) is 0.607. The number of urea groups is 2. The van der Waals surface area contributed by atoms with E-state index in [1.165, 1.54) is 28.0 Å². The number of ether oxygens (including phenoxy) is 3. The number of nitrogens with one attached hydrogen (secondary N) is 3. The second kappa shape index (κ2) is 13.7. The quantitative estimate of drug-likeness (QED) is 0.264. The number of anilines is 3. The van der Waals surface area contributed by atoms with Gasteiger partial charge in [0, 0.05) is 42.6 Å². The summed E-state index contributed by atoms with van der Waals surface area (Å²) in [6.07, 6.45) is -5.09. The van der Waals surface area contributed by atoms with Crippen LogP contribution in [0.15, 0.2) is 60.7 Å². The summed E-state index contributed by atoms with van der Waals surface area (Å²) in [6, 6.07) is 11.8. The highest BCUT2D eigenvalue weighted by molar-refractivity contribution is 6.02. The number of rotatable bonds is 7. The Hall–Kier alpha value is -5.18. The molecule has 3 aromatic rings. The Morgan fingerprint density at radius 1 is 0.957 bits per heavy atom. The van der Waals surface area contributed by atoms with Gasteiger partial charge >= 0.3 is 18.2 Å². The lowest BCUT2D eigenvalue weighted by Gasteiger charge is -2.38. The maximum Gasteiger partial charge on any atom is 0.416 e. The minimum atomic E-state index is -4.51. The van der Waals surface area contributed by atoms with Gasteiger partial charge in [0.25, 0.3) is 5.91 Å². The average molecular weight is 658 g/mol. The molecule has 2 heterocycles. The van der Waals surface area contributed by atoms with E-state index in [4.69, 9.17) is 14.2 Å². The highest BCUT2D eigenvalue weighted by Gasteiger charge is 2.34. The summed E-state index contributed by atoms with van der Waals surface area (Å²) in [5, 5.41) is 17.8. The Bertz CT molecular complexity index is 1640. The van der Waals surface area contributed by atoms with E-state index in [0.29, 0.717) is 17.2 Å². The zero-order valence-electron chi connectivity index (χ0n) is 25.8. The minimum Gasteiger partial charge on any atom is -0.487 e. The number of likely N-dealkylation sites (N-methyl/N-ethyl adjacent to an activating group) is 1. The molecular weight excluding hydrogens is 623 g/mol. The van der Waals surface area contributed by atoms with Gasteiger partial charge in [-0.05, 0) is 61.5 Å². The molecular formula is C32H34F3N5O7. The Labute approximate surface area is 268 Å². The molecule has 47 heavy (non-hydrogen) atoms. The van der Waals surface area contributed by atoms with Crippen LogP contribution in [0.1, 0.15) is 29.8 Å². The number of aliphatic hydroxyl groups is 1. The van der Waals surface area contributed by atoms with Gasteiger partial charge in [0.2, 0.25) is 6.79 Å². The van der Waals surface area contributed by atoms with E-state index in [-0.39, 0.29) is 55.1 Å². The Balaban J connectivity index is 1.31. The fourth-order valence-electron chi connectivity index (χ4n) is 5.10. The summed E-state index contributed by atoms with van der Waals surface area (Å²) in [4.78, 5) is 42.4. The normalized spacial score (nSPS) is 17.9. The highest BCUT2D eigenvalue weighted by Crippen LogP contribution is 2.35. The van der Waals surface area contributed by atoms with Crippen LogP contribution >= 0.6 is 0 Å².